The van der Waals surface area contributed by atoms with Gasteiger partial charge in [0.2, 0.25) is 0 Å². The number of aryl methyl sites for hydroxylation is 1. The highest BCUT2D eigenvalue weighted by Gasteiger charge is 2.21. The van der Waals surface area contributed by atoms with E-state index in [4.69, 9.17) is 5.73 Å². The van der Waals surface area contributed by atoms with E-state index in [1.54, 1.807) is 0 Å². The fraction of sp³-hybridized carbons (Fsp3) is 0.263. The number of aromatic amines is 1. The molecule has 1 atom stereocenters. The fourth-order valence-electron chi connectivity index (χ4n) is 3.49. The number of nitrogens with one attached hydrogen (secondary N) is 1. The predicted octanol–water partition coefficient (Wildman–Crippen LogP) is 4.52. The second kappa shape index (κ2) is 6.15. The molecule has 0 saturated carbocycles. The first kappa shape index (κ1) is 15.1. The number of aromatic nitrogens is 1. The van der Waals surface area contributed by atoms with Gasteiger partial charge in [0.1, 0.15) is 0 Å². The van der Waals surface area contributed by atoms with Crippen LogP contribution >= 0.6 is 12.4 Å². The lowest BCUT2D eigenvalue weighted by Gasteiger charge is -2.18. The van der Waals surface area contributed by atoms with Gasteiger partial charge < -0.3 is 10.7 Å². The van der Waals surface area contributed by atoms with Crippen molar-refractivity contribution in [2.24, 2.45) is 5.73 Å². The van der Waals surface area contributed by atoms with Crippen LogP contribution in [0.2, 0.25) is 0 Å². The average molecular weight is 313 g/mol. The molecule has 0 amide bonds. The minimum absolute atomic E-state index is 0. The van der Waals surface area contributed by atoms with Crippen LogP contribution in [0.5, 0.6) is 0 Å². The lowest BCUT2D eigenvalue weighted by molar-refractivity contribution is 0.562. The minimum Gasteiger partial charge on any atom is -0.357 e. The van der Waals surface area contributed by atoms with Crippen LogP contribution in [0, 0.1) is 0 Å². The molecule has 0 spiro atoms. The Kier molecular flexibility index (Phi) is 4.23. The average Bonchev–Trinajstić information content (AvgIpc) is 2.88. The van der Waals surface area contributed by atoms with Crippen LogP contribution in [0.3, 0.4) is 0 Å². The van der Waals surface area contributed by atoms with Gasteiger partial charge in [-0.1, -0.05) is 42.5 Å². The molecule has 0 saturated heterocycles. The standard InChI is InChI=1S/C19H20N2.ClH/c20-17-8-4-7-16-15-10-9-14(12-18(15)21-19(16)17)11-13-5-2-1-3-6-13;/h1-3,5-6,9-10,12,17,21H,4,7-8,11,20H2;1H. The van der Waals surface area contributed by atoms with Gasteiger partial charge in [0.25, 0.3) is 0 Å². The van der Waals surface area contributed by atoms with E-state index in [-0.39, 0.29) is 18.4 Å². The van der Waals surface area contributed by atoms with Gasteiger partial charge in [-0.25, -0.2) is 0 Å². The number of hydrogen-bond donors (Lipinski definition) is 2. The van der Waals surface area contributed by atoms with E-state index < -0.39 is 0 Å². The Balaban J connectivity index is 0.00000144. The molecule has 3 aromatic rings. The summed E-state index contributed by atoms with van der Waals surface area (Å²) in [6.07, 6.45) is 4.43. The first-order valence-electron chi connectivity index (χ1n) is 7.74. The van der Waals surface area contributed by atoms with Gasteiger partial charge in [-0.15, -0.1) is 12.4 Å². The molecule has 0 radical (unpaired) electrons. The van der Waals surface area contributed by atoms with Crippen molar-refractivity contribution in [2.45, 2.75) is 31.7 Å². The Morgan fingerprint density at radius 3 is 2.68 bits per heavy atom. The lowest BCUT2D eigenvalue weighted by Crippen LogP contribution is -2.16. The van der Waals surface area contributed by atoms with Crippen molar-refractivity contribution in [2.75, 3.05) is 0 Å². The van der Waals surface area contributed by atoms with Crippen molar-refractivity contribution >= 4 is 23.3 Å². The molecule has 1 aliphatic carbocycles. The van der Waals surface area contributed by atoms with Crippen LogP contribution in [0.1, 0.15) is 41.3 Å². The summed E-state index contributed by atoms with van der Waals surface area (Å²) < 4.78 is 0. The highest BCUT2D eigenvalue weighted by atomic mass is 35.5. The fourth-order valence-corrected chi connectivity index (χ4v) is 3.49. The molecular formula is C19H21ClN2. The minimum atomic E-state index is 0. The van der Waals surface area contributed by atoms with Gasteiger partial charge in [0.05, 0.1) is 0 Å². The van der Waals surface area contributed by atoms with Gasteiger partial charge in [0, 0.05) is 22.6 Å². The van der Waals surface area contributed by atoms with Gasteiger partial charge in [0.15, 0.2) is 0 Å². The predicted molar refractivity (Wildman–Crippen MR) is 94.7 cm³/mol. The third-order valence-corrected chi connectivity index (χ3v) is 4.57. The van der Waals surface area contributed by atoms with Crippen molar-refractivity contribution in [1.29, 1.82) is 0 Å². The zero-order valence-electron chi connectivity index (χ0n) is 12.5. The molecule has 2 aromatic carbocycles. The van der Waals surface area contributed by atoms with Crippen LogP contribution in [0.15, 0.2) is 48.5 Å². The normalized spacial score (nSPS) is 17.0. The second-order valence-corrected chi connectivity index (χ2v) is 6.06. The van der Waals surface area contributed by atoms with Crippen molar-refractivity contribution in [3.63, 3.8) is 0 Å². The molecule has 0 aliphatic heterocycles. The van der Waals surface area contributed by atoms with Crippen LogP contribution in [-0.4, -0.2) is 4.98 Å². The Labute approximate surface area is 137 Å². The summed E-state index contributed by atoms with van der Waals surface area (Å²) >= 11 is 0. The number of hydrogen-bond acceptors (Lipinski definition) is 1. The van der Waals surface area contributed by atoms with Crippen LogP contribution in [0.25, 0.3) is 10.9 Å². The zero-order valence-corrected chi connectivity index (χ0v) is 13.3. The molecule has 2 nitrogen and oxygen atoms in total. The van der Waals surface area contributed by atoms with Gasteiger partial charge in [-0.2, -0.15) is 0 Å². The number of H-pyrrole nitrogens is 1. The van der Waals surface area contributed by atoms with Crippen molar-refractivity contribution < 1.29 is 0 Å². The molecule has 0 bridgehead atoms. The molecule has 3 heteroatoms. The lowest BCUT2D eigenvalue weighted by atomic mass is 9.92. The van der Waals surface area contributed by atoms with Crippen LogP contribution in [-0.2, 0) is 12.8 Å². The van der Waals surface area contributed by atoms with E-state index in [0.29, 0.717) is 0 Å². The topological polar surface area (TPSA) is 41.8 Å². The van der Waals surface area contributed by atoms with E-state index in [0.717, 1.165) is 19.3 Å². The van der Waals surface area contributed by atoms with Crippen LogP contribution in [0.4, 0.5) is 0 Å². The van der Waals surface area contributed by atoms with E-state index in [9.17, 15) is 0 Å². The molecule has 1 aromatic heterocycles. The quantitative estimate of drug-likeness (QED) is 0.718. The monoisotopic (exact) mass is 312 g/mol. The maximum atomic E-state index is 6.24. The summed E-state index contributed by atoms with van der Waals surface area (Å²) in [4.78, 5) is 3.57. The van der Waals surface area contributed by atoms with Crippen LogP contribution < -0.4 is 5.73 Å². The Bertz CT molecular complexity index is 777. The molecule has 4 rings (SSSR count). The summed E-state index contributed by atoms with van der Waals surface area (Å²) in [7, 11) is 0. The number of rotatable bonds is 2. The second-order valence-electron chi connectivity index (χ2n) is 6.06. The third kappa shape index (κ3) is 2.65. The largest absolute Gasteiger partial charge is 0.357 e. The smallest absolute Gasteiger partial charge is 0.0462 e. The highest BCUT2D eigenvalue weighted by molar-refractivity contribution is 5.86. The van der Waals surface area contributed by atoms with E-state index >= 15 is 0 Å². The zero-order chi connectivity index (χ0) is 14.2. The summed E-state index contributed by atoms with van der Waals surface area (Å²) in [6.45, 7) is 0. The van der Waals surface area contributed by atoms with Crippen molar-refractivity contribution in [1.82, 2.24) is 4.98 Å². The molecule has 1 heterocycles. The van der Waals surface area contributed by atoms with Gasteiger partial charge in [-0.05, 0) is 48.4 Å². The van der Waals surface area contributed by atoms with E-state index in [1.165, 1.54) is 39.7 Å². The molecule has 0 fully saturated rings. The molecule has 114 valence electrons. The first-order valence-corrected chi connectivity index (χ1v) is 7.74. The molecular weight excluding hydrogens is 292 g/mol. The summed E-state index contributed by atoms with van der Waals surface area (Å²) in [5.41, 5.74) is 12.9. The summed E-state index contributed by atoms with van der Waals surface area (Å²) in [5.74, 6) is 0. The van der Waals surface area contributed by atoms with Crippen molar-refractivity contribution in [3.8, 4) is 0 Å². The van der Waals surface area contributed by atoms with Gasteiger partial charge in [-0.3, -0.25) is 0 Å². The molecule has 22 heavy (non-hydrogen) atoms. The van der Waals surface area contributed by atoms with E-state index in [2.05, 4.69) is 53.5 Å². The Morgan fingerprint density at radius 2 is 1.86 bits per heavy atom. The van der Waals surface area contributed by atoms with Crippen molar-refractivity contribution in [3.05, 3.63) is 70.9 Å². The molecule has 1 aliphatic rings. The van der Waals surface area contributed by atoms with Gasteiger partial charge >= 0.3 is 0 Å². The number of nitrogens with two attached hydrogens (primary N) is 1. The Hall–Kier alpha value is -1.77. The molecule has 3 N–H and O–H groups in total. The van der Waals surface area contributed by atoms with E-state index in [1.807, 2.05) is 0 Å². The molecule has 1 unspecified atom stereocenters. The third-order valence-electron chi connectivity index (χ3n) is 4.57. The SMILES string of the molecule is Cl.NC1CCCc2c1[nH]c1cc(Cc3ccccc3)ccc21. The summed E-state index contributed by atoms with van der Waals surface area (Å²) in [6, 6.07) is 17.6. The Morgan fingerprint density at radius 1 is 1.05 bits per heavy atom. The number of halogens is 1. The maximum Gasteiger partial charge on any atom is 0.0462 e. The summed E-state index contributed by atoms with van der Waals surface area (Å²) in [5, 5.41) is 1.36. The maximum absolute atomic E-state index is 6.24. The highest BCUT2D eigenvalue weighted by Crippen LogP contribution is 2.33. The number of benzene rings is 2. The number of fused-ring (bicyclic) bond motifs is 3. The first-order chi connectivity index (χ1) is 10.3.